The molecule has 1 atom stereocenters. The number of carbonyl (C=O) groups is 3. The molecular weight excluding hydrogens is 448 g/mol. The molecule has 1 aliphatic heterocycles. The van der Waals surface area contributed by atoms with E-state index in [1.165, 1.54) is 12.1 Å². The Morgan fingerprint density at radius 1 is 1.17 bits per heavy atom. The SMILES string of the molecule is O=C(COC(=O)c1cc(Br)ccc1O)NC(=O)NCC1COc2ccccc2O1. The van der Waals surface area contributed by atoms with Crippen molar-refractivity contribution in [2.75, 3.05) is 19.8 Å². The van der Waals surface area contributed by atoms with Crippen molar-refractivity contribution in [3.8, 4) is 17.2 Å². The first kappa shape index (κ1) is 20.5. The number of carbonyl (C=O) groups excluding carboxylic acids is 3. The van der Waals surface area contributed by atoms with Gasteiger partial charge in [-0.25, -0.2) is 9.59 Å². The summed E-state index contributed by atoms with van der Waals surface area (Å²) in [4.78, 5) is 35.5. The van der Waals surface area contributed by atoms with Crippen LogP contribution in [0.3, 0.4) is 0 Å². The van der Waals surface area contributed by atoms with Gasteiger partial charge in [0, 0.05) is 4.47 Å². The summed E-state index contributed by atoms with van der Waals surface area (Å²) >= 11 is 3.17. The average Bonchev–Trinajstić information content (AvgIpc) is 2.72. The predicted molar refractivity (Wildman–Crippen MR) is 104 cm³/mol. The smallest absolute Gasteiger partial charge is 0.342 e. The molecule has 3 amide bonds. The summed E-state index contributed by atoms with van der Waals surface area (Å²) < 4.78 is 16.6. The van der Waals surface area contributed by atoms with Crippen LogP contribution in [0.25, 0.3) is 0 Å². The number of phenolic OH excluding ortho intramolecular Hbond substituents is 1. The van der Waals surface area contributed by atoms with E-state index >= 15 is 0 Å². The van der Waals surface area contributed by atoms with E-state index in [9.17, 15) is 19.5 Å². The van der Waals surface area contributed by atoms with Crippen LogP contribution >= 0.6 is 15.9 Å². The van der Waals surface area contributed by atoms with Gasteiger partial charge >= 0.3 is 12.0 Å². The van der Waals surface area contributed by atoms with Crippen molar-refractivity contribution in [3.05, 3.63) is 52.5 Å². The van der Waals surface area contributed by atoms with Crippen LogP contribution in [0.2, 0.25) is 0 Å². The maximum Gasteiger partial charge on any atom is 0.342 e. The topological polar surface area (TPSA) is 123 Å². The largest absolute Gasteiger partial charge is 0.507 e. The van der Waals surface area contributed by atoms with Crippen molar-refractivity contribution in [2.45, 2.75) is 6.10 Å². The number of aromatic hydroxyl groups is 1. The second-order valence-corrected chi connectivity index (χ2v) is 6.91. The molecule has 0 radical (unpaired) electrons. The normalized spacial score (nSPS) is 14.6. The number of nitrogens with one attached hydrogen (secondary N) is 2. The molecule has 0 saturated carbocycles. The van der Waals surface area contributed by atoms with Crippen LogP contribution in [-0.2, 0) is 9.53 Å². The van der Waals surface area contributed by atoms with E-state index < -0.39 is 30.6 Å². The second-order valence-electron chi connectivity index (χ2n) is 5.99. The number of phenols is 1. The van der Waals surface area contributed by atoms with E-state index in [4.69, 9.17) is 14.2 Å². The van der Waals surface area contributed by atoms with Crippen LogP contribution in [0.4, 0.5) is 4.79 Å². The summed E-state index contributed by atoms with van der Waals surface area (Å²) in [6.07, 6.45) is -0.414. The van der Waals surface area contributed by atoms with E-state index in [1.54, 1.807) is 24.3 Å². The zero-order valence-corrected chi connectivity index (χ0v) is 16.6. The van der Waals surface area contributed by atoms with E-state index in [-0.39, 0.29) is 24.5 Å². The van der Waals surface area contributed by atoms with Crippen LogP contribution in [0.1, 0.15) is 10.4 Å². The molecule has 3 N–H and O–H groups in total. The van der Waals surface area contributed by atoms with Crippen LogP contribution in [0.5, 0.6) is 17.2 Å². The maximum absolute atomic E-state index is 11.9. The van der Waals surface area contributed by atoms with Gasteiger partial charge in [0.15, 0.2) is 24.2 Å². The fourth-order valence-corrected chi connectivity index (χ4v) is 2.82. The number of urea groups is 1. The number of para-hydroxylation sites is 2. The number of halogens is 1. The zero-order chi connectivity index (χ0) is 20.8. The van der Waals surface area contributed by atoms with E-state index in [0.717, 1.165) is 0 Å². The number of ether oxygens (including phenoxy) is 3. The van der Waals surface area contributed by atoms with Gasteiger partial charge in [0.05, 0.1) is 6.54 Å². The molecule has 2 aromatic rings. The molecule has 9 nitrogen and oxygen atoms in total. The average molecular weight is 465 g/mol. The molecule has 152 valence electrons. The third-order valence-corrected chi connectivity index (χ3v) is 4.32. The Bertz CT molecular complexity index is 935. The summed E-state index contributed by atoms with van der Waals surface area (Å²) in [5, 5.41) is 14.2. The molecule has 10 heteroatoms. The van der Waals surface area contributed by atoms with Gasteiger partial charge < -0.3 is 24.6 Å². The maximum atomic E-state index is 11.9. The number of benzene rings is 2. The van der Waals surface area contributed by atoms with Crippen molar-refractivity contribution < 1.29 is 33.7 Å². The van der Waals surface area contributed by atoms with Gasteiger partial charge in [-0.15, -0.1) is 0 Å². The standard InChI is InChI=1S/C19H17BrN2O7/c20-11-5-6-14(23)13(7-11)18(25)28-10-17(24)22-19(26)21-8-12-9-27-15-3-1-2-4-16(15)29-12/h1-7,12,23H,8-10H2,(H2,21,22,24,26). The molecule has 0 aromatic heterocycles. The van der Waals surface area contributed by atoms with E-state index in [2.05, 4.69) is 21.2 Å². The van der Waals surface area contributed by atoms with E-state index in [1.807, 2.05) is 11.4 Å². The van der Waals surface area contributed by atoms with Gasteiger partial charge in [0.1, 0.15) is 17.9 Å². The van der Waals surface area contributed by atoms with E-state index in [0.29, 0.717) is 16.0 Å². The van der Waals surface area contributed by atoms with Gasteiger partial charge in [0.2, 0.25) is 0 Å². The fourth-order valence-electron chi connectivity index (χ4n) is 2.46. The lowest BCUT2D eigenvalue weighted by Crippen LogP contribution is -2.46. The summed E-state index contributed by atoms with van der Waals surface area (Å²) in [6.45, 7) is -0.327. The molecule has 3 rings (SSSR count). The number of rotatable bonds is 5. The van der Waals surface area contributed by atoms with Crippen molar-refractivity contribution in [1.82, 2.24) is 10.6 Å². The minimum absolute atomic E-state index is 0.105. The van der Waals surface area contributed by atoms with Gasteiger partial charge in [0.25, 0.3) is 5.91 Å². The number of fused-ring (bicyclic) bond motifs is 1. The lowest BCUT2D eigenvalue weighted by atomic mass is 10.2. The molecule has 0 saturated heterocycles. The monoisotopic (exact) mass is 464 g/mol. The molecule has 2 aromatic carbocycles. The second kappa shape index (κ2) is 9.28. The highest BCUT2D eigenvalue weighted by molar-refractivity contribution is 9.10. The molecule has 1 unspecified atom stereocenters. The Morgan fingerprint density at radius 3 is 2.72 bits per heavy atom. The van der Waals surface area contributed by atoms with Gasteiger partial charge in [-0.2, -0.15) is 0 Å². The van der Waals surface area contributed by atoms with Crippen molar-refractivity contribution >= 4 is 33.8 Å². The van der Waals surface area contributed by atoms with Crippen LogP contribution < -0.4 is 20.1 Å². The Labute approximate surface area is 174 Å². The van der Waals surface area contributed by atoms with Crippen molar-refractivity contribution in [1.29, 1.82) is 0 Å². The Morgan fingerprint density at radius 2 is 1.93 bits per heavy atom. The number of amides is 3. The molecule has 0 fully saturated rings. The Kier molecular flexibility index (Phi) is 6.55. The first-order valence-corrected chi connectivity index (χ1v) is 9.33. The summed E-state index contributed by atoms with van der Waals surface area (Å²) in [7, 11) is 0. The number of imide groups is 1. The number of hydrogen-bond acceptors (Lipinski definition) is 7. The van der Waals surface area contributed by atoms with Crippen LogP contribution in [-0.4, -0.2) is 48.9 Å². The molecule has 29 heavy (non-hydrogen) atoms. The fraction of sp³-hybridized carbons (Fsp3) is 0.211. The highest BCUT2D eigenvalue weighted by atomic mass is 79.9. The quantitative estimate of drug-likeness (QED) is 0.577. The Hall–Kier alpha value is -3.27. The molecule has 0 aliphatic carbocycles. The summed E-state index contributed by atoms with van der Waals surface area (Å²) in [6, 6.07) is 10.6. The van der Waals surface area contributed by atoms with Crippen molar-refractivity contribution in [2.24, 2.45) is 0 Å². The lowest BCUT2D eigenvalue weighted by Gasteiger charge is -2.26. The third-order valence-electron chi connectivity index (χ3n) is 3.82. The van der Waals surface area contributed by atoms with Crippen LogP contribution in [0, 0.1) is 0 Å². The number of hydrogen-bond donors (Lipinski definition) is 3. The number of esters is 1. The minimum Gasteiger partial charge on any atom is -0.507 e. The molecular formula is C19H17BrN2O7. The molecule has 1 heterocycles. The highest BCUT2D eigenvalue weighted by Crippen LogP contribution is 2.30. The Balaban J connectivity index is 1.40. The zero-order valence-electron chi connectivity index (χ0n) is 15.0. The highest BCUT2D eigenvalue weighted by Gasteiger charge is 2.21. The summed E-state index contributed by atoms with van der Waals surface area (Å²) in [5.41, 5.74) is -0.105. The molecule has 0 bridgehead atoms. The van der Waals surface area contributed by atoms with Gasteiger partial charge in [-0.3, -0.25) is 10.1 Å². The summed E-state index contributed by atoms with van der Waals surface area (Å²) in [5.74, 6) is -0.804. The van der Waals surface area contributed by atoms with Gasteiger partial charge in [-0.05, 0) is 30.3 Å². The third kappa shape index (κ3) is 5.61. The molecule has 0 spiro atoms. The lowest BCUT2D eigenvalue weighted by molar-refractivity contribution is -0.123. The first-order chi connectivity index (χ1) is 13.9. The first-order valence-electron chi connectivity index (χ1n) is 8.54. The van der Waals surface area contributed by atoms with Crippen molar-refractivity contribution in [3.63, 3.8) is 0 Å². The van der Waals surface area contributed by atoms with Gasteiger partial charge in [-0.1, -0.05) is 28.1 Å². The van der Waals surface area contributed by atoms with Crippen LogP contribution in [0.15, 0.2) is 46.9 Å². The minimum atomic E-state index is -0.897. The molecule has 1 aliphatic rings. The predicted octanol–water partition coefficient (Wildman–Crippen LogP) is 1.98.